The lowest BCUT2D eigenvalue weighted by Crippen LogP contribution is -2.37. The molecule has 0 fully saturated rings. The van der Waals surface area contributed by atoms with E-state index in [2.05, 4.69) is 8.92 Å². The Kier molecular flexibility index (Phi) is 6.77. The molecular formula is C6H12ClNO6S. The van der Waals surface area contributed by atoms with Crippen LogP contribution < -0.4 is 0 Å². The van der Waals surface area contributed by atoms with Crippen LogP contribution in [0.4, 0.5) is 0 Å². The average molecular weight is 262 g/mol. The van der Waals surface area contributed by atoms with Gasteiger partial charge in [-0.15, -0.1) is 15.9 Å². The van der Waals surface area contributed by atoms with Crippen LogP contribution >= 0.6 is 11.6 Å². The second-order valence-corrected chi connectivity index (χ2v) is 4.27. The summed E-state index contributed by atoms with van der Waals surface area (Å²) in [7, 11) is -2.96. The summed E-state index contributed by atoms with van der Waals surface area (Å²) in [4.78, 5) is 10.6. The molecule has 0 aliphatic carbocycles. The van der Waals surface area contributed by atoms with E-state index in [9.17, 15) is 13.2 Å². The first kappa shape index (κ1) is 14.6. The monoisotopic (exact) mass is 261 g/mol. The fourth-order valence-corrected chi connectivity index (χ4v) is 1.92. The van der Waals surface area contributed by atoms with Gasteiger partial charge in [-0.05, 0) is 0 Å². The highest BCUT2D eigenvalue weighted by molar-refractivity contribution is 7.84. The van der Waals surface area contributed by atoms with Crippen molar-refractivity contribution in [2.45, 2.75) is 0 Å². The van der Waals surface area contributed by atoms with E-state index >= 15 is 0 Å². The van der Waals surface area contributed by atoms with Crippen LogP contribution in [0.1, 0.15) is 0 Å². The van der Waals surface area contributed by atoms with Gasteiger partial charge in [0.25, 0.3) is 0 Å². The summed E-state index contributed by atoms with van der Waals surface area (Å²) in [6.07, 6.45) is 0. The number of nitrogens with zero attached hydrogens (tertiary/aromatic N) is 1. The van der Waals surface area contributed by atoms with Crippen molar-refractivity contribution in [2.24, 2.45) is 0 Å². The second-order valence-electron chi connectivity index (χ2n) is 2.35. The number of halogens is 1. The molecule has 0 unspecified atom stereocenters. The van der Waals surface area contributed by atoms with Gasteiger partial charge in [-0.3, -0.25) is 0 Å². The van der Waals surface area contributed by atoms with Crippen molar-refractivity contribution >= 4 is 27.9 Å². The van der Waals surface area contributed by atoms with Crippen LogP contribution in [0.2, 0.25) is 0 Å². The van der Waals surface area contributed by atoms with Gasteiger partial charge in [0.15, 0.2) is 0 Å². The molecule has 1 N–H and O–H groups in total. The number of methoxy groups -OCH3 is 1. The molecule has 0 amide bonds. The number of hydrogen-bond acceptors (Lipinski definition) is 6. The Hall–Kier alpha value is -0.410. The summed E-state index contributed by atoms with van der Waals surface area (Å²) in [5.41, 5.74) is 0. The van der Waals surface area contributed by atoms with Crippen LogP contribution in [0, 0.1) is 0 Å². The van der Waals surface area contributed by atoms with Crippen LogP contribution in [0.3, 0.4) is 0 Å². The fourth-order valence-electron chi connectivity index (χ4n) is 0.676. The van der Waals surface area contributed by atoms with E-state index in [0.717, 1.165) is 4.31 Å². The number of alkyl halides is 1. The Morgan fingerprint density at radius 3 is 2.53 bits per heavy atom. The highest BCUT2D eigenvalue weighted by Gasteiger charge is 2.25. The van der Waals surface area contributed by atoms with Gasteiger partial charge in [0.05, 0.1) is 0 Å². The van der Waals surface area contributed by atoms with Crippen LogP contribution in [0.25, 0.3) is 0 Å². The van der Waals surface area contributed by atoms with Crippen LogP contribution in [-0.4, -0.2) is 56.7 Å². The number of carbonyl (C=O) groups excluding carboxylic acids is 1. The number of hydrogen-bond donors (Lipinski definition) is 1. The largest absolute Gasteiger partial charge is 0.389 e. The van der Waals surface area contributed by atoms with Gasteiger partial charge in [-0.2, -0.15) is 8.42 Å². The minimum atomic E-state index is -4.24. The third-order valence-corrected chi connectivity index (χ3v) is 2.74. The Balaban J connectivity index is 4.56. The molecule has 0 rings (SSSR count). The lowest BCUT2D eigenvalue weighted by atomic mass is 10.7. The number of carbonyl (C=O) groups is 1. The normalized spacial score (nSPS) is 11.7. The zero-order chi connectivity index (χ0) is 11.9. The SMILES string of the molecule is COCN(CCCl)S(=O)(=O)OC(=O)CO. The summed E-state index contributed by atoms with van der Waals surface area (Å²) < 4.78 is 32.0. The van der Waals surface area contributed by atoms with Crippen LogP contribution in [-0.2, 0) is 24.0 Å². The second kappa shape index (κ2) is 6.96. The lowest BCUT2D eigenvalue weighted by Gasteiger charge is -2.18. The Bertz CT molecular complexity index is 286. The Labute approximate surface area is 92.8 Å². The Morgan fingerprint density at radius 1 is 1.53 bits per heavy atom. The molecule has 0 spiro atoms. The van der Waals surface area contributed by atoms with Gasteiger partial charge in [0.1, 0.15) is 13.3 Å². The van der Waals surface area contributed by atoms with E-state index in [4.69, 9.17) is 16.7 Å². The van der Waals surface area contributed by atoms with Gasteiger partial charge >= 0.3 is 16.3 Å². The van der Waals surface area contributed by atoms with E-state index in [1.165, 1.54) is 7.11 Å². The molecule has 0 aliphatic heterocycles. The molecule has 0 aliphatic rings. The van der Waals surface area contributed by atoms with Crippen LogP contribution in [0.15, 0.2) is 0 Å². The molecular weight excluding hydrogens is 250 g/mol. The molecule has 0 aromatic rings. The van der Waals surface area contributed by atoms with Crippen molar-refractivity contribution in [2.75, 3.05) is 32.9 Å². The fraction of sp³-hybridized carbons (Fsp3) is 0.833. The first-order valence-corrected chi connectivity index (χ1v) is 5.76. The van der Waals surface area contributed by atoms with E-state index < -0.39 is 22.9 Å². The minimum absolute atomic E-state index is 0.0270. The van der Waals surface area contributed by atoms with Gasteiger partial charge in [0.2, 0.25) is 0 Å². The summed E-state index contributed by atoms with van der Waals surface area (Å²) in [5.74, 6) is -1.23. The topological polar surface area (TPSA) is 93.1 Å². The van der Waals surface area contributed by atoms with Gasteiger partial charge in [-0.1, -0.05) is 0 Å². The molecule has 0 atom stereocenters. The smallest absolute Gasteiger partial charge is 0.385 e. The first-order chi connectivity index (χ1) is 6.97. The van der Waals surface area contributed by atoms with E-state index in [-0.39, 0.29) is 19.2 Å². The van der Waals surface area contributed by atoms with E-state index in [0.29, 0.717) is 0 Å². The van der Waals surface area contributed by atoms with Crippen LogP contribution in [0.5, 0.6) is 0 Å². The zero-order valence-electron chi connectivity index (χ0n) is 8.05. The third-order valence-electron chi connectivity index (χ3n) is 1.25. The van der Waals surface area contributed by atoms with Crippen molar-refractivity contribution in [3.8, 4) is 0 Å². The molecule has 0 saturated carbocycles. The summed E-state index contributed by atoms with van der Waals surface area (Å²) in [6, 6.07) is 0. The standard InChI is InChI=1S/C6H12ClNO6S/c1-13-5-8(3-2-7)15(11,12)14-6(10)4-9/h9H,2-5H2,1H3. The maximum Gasteiger partial charge on any atom is 0.389 e. The molecule has 0 bridgehead atoms. The molecule has 15 heavy (non-hydrogen) atoms. The number of ether oxygens (including phenoxy) is 1. The van der Waals surface area contributed by atoms with Crippen molar-refractivity contribution in [3.63, 3.8) is 0 Å². The van der Waals surface area contributed by atoms with E-state index in [1.807, 2.05) is 0 Å². The average Bonchev–Trinajstić information content (AvgIpc) is 2.16. The molecule has 90 valence electrons. The van der Waals surface area contributed by atoms with Crippen molar-refractivity contribution in [3.05, 3.63) is 0 Å². The summed E-state index contributed by atoms with van der Waals surface area (Å²) >= 11 is 5.36. The highest BCUT2D eigenvalue weighted by Crippen LogP contribution is 2.04. The quantitative estimate of drug-likeness (QED) is 0.462. The number of rotatable bonds is 7. The van der Waals surface area contributed by atoms with Gasteiger partial charge in [0, 0.05) is 19.5 Å². The number of aliphatic hydroxyl groups excluding tert-OH is 1. The third kappa shape index (κ3) is 5.28. The lowest BCUT2D eigenvalue weighted by molar-refractivity contribution is -0.137. The Morgan fingerprint density at radius 2 is 2.13 bits per heavy atom. The molecule has 0 saturated heterocycles. The predicted octanol–water partition coefficient (Wildman–Crippen LogP) is -1.09. The summed E-state index contributed by atoms with van der Waals surface area (Å²) in [5, 5.41) is 8.32. The molecule has 0 radical (unpaired) electrons. The molecule has 0 aromatic heterocycles. The minimum Gasteiger partial charge on any atom is -0.385 e. The van der Waals surface area contributed by atoms with Crippen molar-refractivity contribution < 1.29 is 27.2 Å². The predicted molar refractivity (Wildman–Crippen MR) is 51.4 cm³/mol. The molecule has 0 aromatic carbocycles. The van der Waals surface area contributed by atoms with Crippen molar-refractivity contribution in [1.29, 1.82) is 0 Å². The van der Waals surface area contributed by atoms with Gasteiger partial charge in [-0.25, -0.2) is 4.79 Å². The van der Waals surface area contributed by atoms with Gasteiger partial charge < -0.3 is 14.0 Å². The molecule has 7 nitrogen and oxygen atoms in total. The maximum absolute atomic E-state index is 11.3. The van der Waals surface area contributed by atoms with E-state index in [1.54, 1.807) is 0 Å². The number of aliphatic hydroxyl groups is 1. The first-order valence-electron chi connectivity index (χ1n) is 3.86. The zero-order valence-corrected chi connectivity index (χ0v) is 9.62. The molecule has 0 heterocycles. The van der Waals surface area contributed by atoms with Crippen molar-refractivity contribution in [1.82, 2.24) is 4.31 Å². The summed E-state index contributed by atoms with van der Waals surface area (Å²) in [6.45, 7) is -1.36. The molecule has 9 heteroatoms. The maximum atomic E-state index is 11.3. The highest BCUT2D eigenvalue weighted by atomic mass is 35.5.